The summed E-state index contributed by atoms with van der Waals surface area (Å²) in [6, 6.07) is 3.41. The van der Waals surface area contributed by atoms with Crippen LogP contribution in [0.2, 0.25) is 0 Å². The number of nitrogens with zero attached hydrogens (tertiary/aromatic N) is 1. The molecule has 0 heterocycles. The number of aryl methyl sites for hydroxylation is 1. The second-order valence-corrected chi connectivity index (χ2v) is 2.73. The topological polar surface area (TPSA) is 23.8 Å². The molecule has 0 unspecified atom stereocenters. The number of alkyl halides is 3. The fourth-order valence-corrected chi connectivity index (χ4v) is 1.05. The van der Waals surface area contributed by atoms with Gasteiger partial charge in [0, 0.05) is 0 Å². The maximum Gasteiger partial charge on any atom is 0.420 e. The number of hydrogen-bond acceptors (Lipinski definition) is 1. The van der Waals surface area contributed by atoms with Crippen LogP contribution in [-0.4, -0.2) is 0 Å². The molecule has 0 spiro atoms. The molecule has 0 saturated carbocycles. The Morgan fingerprint density at radius 3 is 2.29 bits per heavy atom. The molecule has 0 aliphatic carbocycles. The molecule has 74 valence electrons. The Hall–Kier alpha value is -1.57. The van der Waals surface area contributed by atoms with E-state index in [0.29, 0.717) is 0 Å². The van der Waals surface area contributed by atoms with Crippen molar-refractivity contribution in [1.82, 2.24) is 0 Å². The summed E-state index contributed by atoms with van der Waals surface area (Å²) in [6.45, 7) is 1.21. The zero-order valence-corrected chi connectivity index (χ0v) is 7.11. The highest BCUT2D eigenvalue weighted by Gasteiger charge is 2.37. The van der Waals surface area contributed by atoms with Gasteiger partial charge in [0.25, 0.3) is 0 Å². The quantitative estimate of drug-likeness (QED) is 0.594. The van der Waals surface area contributed by atoms with Crippen molar-refractivity contribution in [3.8, 4) is 6.07 Å². The number of halogens is 4. The van der Waals surface area contributed by atoms with Crippen LogP contribution in [0.25, 0.3) is 0 Å². The molecule has 0 saturated heterocycles. The maximum atomic E-state index is 13.1. The average molecular weight is 203 g/mol. The summed E-state index contributed by atoms with van der Waals surface area (Å²) >= 11 is 0. The highest BCUT2D eigenvalue weighted by Crippen LogP contribution is 2.34. The third-order valence-electron chi connectivity index (χ3n) is 1.74. The Bertz CT molecular complexity index is 400. The van der Waals surface area contributed by atoms with Gasteiger partial charge in [-0.15, -0.1) is 0 Å². The van der Waals surface area contributed by atoms with E-state index < -0.39 is 23.1 Å². The molecular formula is C9H5F4N. The summed E-state index contributed by atoms with van der Waals surface area (Å²) in [7, 11) is 0. The van der Waals surface area contributed by atoms with E-state index in [1.165, 1.54) is 13.0 Å². The largest absolute Gasteiger partial charge is 0.420 e. The Balaban J connectivity index is 3.54. The molecule has 1 nitrogen and oxygen atoms in total. The Kier molecular flexibility index (Phi) is 2.47. The van der Waals surface area contributed by atoms with Gasteiger partial charge in [0.15, 0.2) is 0 Å². The van der Waals surface area contributed by atoms with E-state index >= 15 is 0 Å². The zero-order valence-electron chi connectivity index (χ0n) is 7.11. The molecule has 0 aliphatic heterocycles. The highest BCUT2D eigenvalue weighted by molar-refractivity contribution is 5.42. The van der Waals surface area contributed by atoms with Crippen LogP contribution in [-0.2, 0) is 6.18 Å². The summed E-state index contributed by atoms with van der Waals surface area (Å²) < 4.78 is 49.9. The van der Waals surface area contributed by atoms with Crippen molar-refractivity contribution in [2.45, 2.75) is 13.1 Å². The summed E-state index contributed by atoms with van der Waals surface area (Å²) in [5.41, 5.74) is -2.31. The first-order valence-electron chi connectivity index (χ1n) is 3.64. The Morgan fingerprint density at radius 1 is 1.29 bits per heavy atom. The first-order valence-corrected chi connectivity index (χ1v) is 3.64. The van der Waals surface area contributed by atoms with Gasteiger partial charge in [0.05, 0.1) is 11.6 Å². The minimum absolute atomic E-state index is 0.128. The molecule has 0 N–H and O–H groups in total. The van der Waals surface area contributed by atoms with Gasteiger partial charge in [-0.2, -0.15) is 18.4 Å². The lowest BCUT2D eigenvalue weighted by Crippen LogP contribution is -2.11. The molecule has 0 radical (unpaired) electrons. The van der Waals surface area contributed by atoms with Crippen LogP contribution in [0.1, 0.15) is 16.7 Å². The smallest absolute Gasteiger partial charge is 0.206 e. The van der Waals surface area contributed by atoms with Gasteiger partial charge in [-0.1, -0.05) is 6.07 Å². The molecule has 1 aromatic rings. The molecular weight excluding hydrogens is 198 g/mol. The van der Waals surface area contributed by atoms with E-state index in [9.17, 15) is 17.6 Å². The molecule has 0 atom stereocenters. The van der Waals surface area contributed by atoms with Crippen LogP contribution in [0, 0.1) is 24.1 Å². The zero-order chi connectivity index (χ0) is 10.9. The standard InChI is InChI=1S/C9H5F4N/c1-5-2-3-6(4-14)7(8(5)10)9(11,12)13/h2-3H,1H3. The van der Waals surface area contributed by atoms with E-state index in [2.05, 4.69) is 0 Å². The fraction of sp³-hybridized carbons (Fsp3) is 0.222. The number of nitriles is 1. The van der Waals surface area contributed by atoms with Crippen LogP contribution in [0.5, 0.6) is 0 Å². The summed E-state index contributed by atoms with van der Waals surface area (Å²) in [4.78, 5) is 0. The molecule has 0 bridgehead atoms. The SMILES string of the molecule is Cc1ccc(C#N)c(C(F)(F)F)c1F. The van der Waals surface area contributed by atoms with Gasteiger partial charge in [-0.3, -0.25) is 0 Å². The summed E-state index contributed by atoms with van der Waals surface area (Å²) in [5, 5.41) is 8.38. The molecule has 0 amide bonds. The normalized spacial score (nSPS) is 11.1. The second kappa shape index (κ2) is 3.29. The van der Waals surface area contributed by atoms with Crippen LogP contribution >= 0.6 is 0 Å². The van der Waals surface area contributed by atoms with Gasteiger partial charge >= 0.3 is 6.18 Å². The van der Waals surface area contributed by atoms with Crippen molar-refractivity contribution < 1.29 is 17.6 Å². The monoisotopic (exact) mass is 203 g/mol. The van der Waals surface area contributed by atoms with Crippen molar-refractivity contribution in [2.75, 3.05) is 0 Å². The predicted octanol–water partition coefficient (Wildman–Crippen LogP) is 3.02. The summed E-state index contributed by atoms with van der Waals surface area (Å²) in [5.74, 6) is -1.38. The molecule has 0 aromatic heterocycles. The van der Waals surface area contributed by atoms with E-state index in [0.717, 1.165) is 12.1 Å². The molecule has 0 aliphatic rings. The van der Waals surface area contributed by atoms with Gasteiger partial charge in [-0.05, 0) is 18.6 Å². The van der Waals surface area contributed by atoms with Crippen LogP contribution in [0.3, 0.4) is 0 Å². The van der Waals surface area contributed by atoms with E-state index in [-0.39, 0.29) is 5.56 Å². The molecule has 1 aromatic carbocycles. The lowest BCUT2D eigenvalue weighted by Gasteiger charge is -2.10. The highest BCUT2D eigenvalue weighted by atomic mass is 19.4. The lowest BCUT2D eigenvalue weighted by molar-refractivity contribution is -0.140. The van der Waals surface area contributed by atoms with Crippen LogP contribution in [0.4, 0.5) is 17.6 Å². The molecule has 5 heteroatoms. The van der Waals surface area contributed by atoms with Crippen molar-refractivity contribution in [2.24, 2.45) is 0 Å². The average Bonchev–Trinajstić information content (AvgIpc) is 2.07. The lowest BCUT2D eigenvalue weighted by atomic mass is 10.0. The number of benzene rings is 1. The van der Waals surface area contributed by atoms with Crippen molar-refractivity contribution in [1.29, 1.82) is 5.26 Å². The van der Waals surface area contributed by atoms with Gasteiger partial charge < -0.3 is 0 Å². The number of hydrogen-bond donors (Lipinski definition) is 0. The molecule has 1 rings (SSSR count). The second-order valence-electron chi connectivity index (χ2n) is 2.73. The molecule has 0 fully saturated rings. The predicted molar refractivity (Wildman–Crippen MR) is 40.9 cm³/mol. The first-order chi connectivity index (χ1) is 6.38. The van der Waals surface area contributed by atoms with Gasteiger partial charge in [0.1, 0.15) is 11.4 Å². The van der Waals surface area contributed by atoms with Crippen molar-refractivity contribution in [3.05, 3.63) is 34.6 Å². The first kappa shape index (κ1) is 10.5. The fourth-order valence-electron chi connectivity index (χ4n) is 1.05. The summed E-state index contributed by atoms with van der Waals surface area (Å²) in [6.07, 6.45) is -4.83. The third kappa shape index (κ3) is 1.69. The van der Waals surface area contributed by atoms with E-state index in [1.54, 1.807) is 0 Å². The third-order valence-corrected chi connectivity index (χ3v) is 1.74. The Morgan fingerprint density at radius 2 is 1.86 bits per heavy atom. The van der Waals surface area contributed by atoms with Crippen molar-refractivity contribution >= 4 is 0 Å². The van der Waals surface area contributed by atoms with E-state index in [4.69, 9.17) is 5.26 Å². The van der Waals surface area contributed by atoms with Gasteiger partial charge in [0.2, 0.25) is 0 Å². The van der Waals surface area contributed by atoms with Crippen LogP contribution < -0.4 is 0 Å². The number of rotatable bonds is 0. The minimum atomic E-state index is -4.83. The van der Waals surface area contributed by atoms with Gasteiger partial charge in [-0.25, -0.2) is 4.39 Å². The Labute approximate surface area is 77.6 Å². The molecule has 14 heavy (non-hydrogen) atoms. The maximum absolute atomic E-state index is 13.1. The minimum Gasteiger partial charge on any atom is -0.206 e. The van der Waals surface area contributed by atoms with Crippen LogP contribution in [0.15, 0.2) is 12.1 Å². The van der Waals surface area contributed by atoms with E-state index in [1.807, 2.05) is 0 Å². The van der Waals surface area contributed by atoms with Crippen molar-refractivity contribution in [3.63, 3.8) is 0 Å².